The number of anilines is 2. The number of halogens is 1. The van der Waals surface area contributed by atoms with E-state index < -0.39 is 11.8 Å². The van der Waals surface area contributed by atoms with E-state index in [4.69, 9.17) is 4.74 Å². The number of benzene rings is 2. The summed E-state index contributed by atoms with van der Waals surface area (Å²) in [6.45, 7) is 3.67. The number of nitrogens with one attached hydrogen (secondary N) is 5. The topological polar surface area (TPSA) is 137 Å². The first-order valence-corrected chi connectivity index (χ1v) is 12.1. The molecular weight excluding hydrogens is 514 g/mol. The lowest BCUT2D eigenvalue weighted by Crippen LogP contribution is -2.37. The molecule has 35 heavy (non-hydrogen) atoms. The first-order valence-electron chi connectivity index (χ1n) is 11.3. The summed E-state index contributed by atoms with van der Waals surface area (Å²) >= 11 is 3.40. The molecule has 5 rings (SSSR count). The minimum Gasteiger partial charge on any atom is -0.487 e. The zero-order valence-electron chi connectivity index (χ0n) is 18.9. The van der Waals surface area contributed by atoms with E-state index in [0.717, 1.165) is 36.0 Å². The zero-order valence-corrected chi connectivity index (χ0v) is 20.5. The number of piperidine rings is 1. The highest BCUT2D eigenvalue weighted by Crippen LogP contribution is 2.27. The van der Waals surface area contributed by atoms with Crippen LogP contribution in [-0.2, 0) is 0 Å². The molecule has 2 aromatic heterocycles. The summed E-state index contributed by atoms with van der Waals surface area (Å²) in [5, 5.41) is 8.85. The van der Waals surface area contributed by atoms with E-state index in [2.05, 4.69) is 51.8 Å². The van der Waals surface area contributed by atoms with Gasteiger partial charge in [-0.05, 0) is 56.1 Å². The van der Waals surface area contributed by atoms with Gasteiger partial charge in [-0.15, -0.1) is 0 Å². The van der Waals surface area contributed by atoms with E-state index in [1.807, 2.05) is 37.3 Å². The summed E-state index contributed by atoms with van der Waals surface area (Å²) in [5.41, 5.74) is 2.87. The Kier molecular flexibility index (Phi) is 6.51. The van der Waals surface area contributed by atoms with Crippen LogP contribution in [0.5, 0.6) is 5.75 Å². The molecule has 2 amide bonds. The summed E-state index contributed by atoms with van der Waals surface area (Å²) in [6.07, 6.45) is 3.42. The molecule has 5 N–H and O–H groups in total. The number of aromatic nitrogens is 4. The van der Waals surface area contributed by atoms with E-state index in [9.17, 15) is 9.59 Å². The van der Waals surface area contributed by atoms with Gasteiger partial charge in [0.15, 0.2) is 5.69 Å². The Hall–Kier alpha value is -3.70. The summed E-state index contributed by atoms with van der Waals surface area (Å²) < 4.78 is 6.99. The minimum atomic E-state index is -0.545. The Balaban J connectivity index is 1.33. The van der Waals surface area contributed by atoms with Crippen molar-refractivity contribution in [3.63, 3.8) is 0 Å². The van der Waals surface area contributed by atoms with Crippen molar-refractivity contribution in [2.45, 2.75) is 25.9 Å². The minimum absolute atomic E-state index is 0.0215. The quantitative estimate of drug-likeness (QED) is 0.252. The van der Waals surface area contributed by atoms with Gasteiger partial charge in [0.25, 0.3) is 11.8 Å². The predicted molar refractivity (Wildman–Crippen MR) is 136 cm³/mol. The van der Waals surface area contributed by atoms with Crippen molar-refractivity contribution in [3.8, 4) is 5.75 Å². The van der Waals surface area contributed by atoms with Crippen molar-refractivity contribution in [2.24, 2.45) is 0 Å². The van der Waals surface area contributed by atoms with Crippen LogP contribution in [0.2, 0.25) is 0 Å². The third-order valence-corrected chi connectivity index (χ3v) is 6.28. The first-order chi connectivity index (χ1) is 17.0. The van der Waals surface area contributed by atoms with Crippen molar-refractivity contribution >= 4 is 50.4 Å². The fourth-order valence-corrected chi connectivity index (χ4v) is 4.34. The van der Waals surface area contributed by atoms with E-state index in [-0.39, 0.29) is 23.4 Å². The van der Waals surface area contributed by atoms with Gasteiger partial charge < -0.3 is 25.3 Å². The molecule has 0 aliphatic carbocycles. The van der Waals surface area contributed by atoms with Crippen molar-refractivity contribution in [3.05, 3.63) is 64.1 Å². The normalized spacial score (nSPS) is 15.7. The largest absolute Gasteiger partial charge is 0.487 e. The SMILES string of the molecule is Cc1ccc(Br)cc1NC(=O)c1nc[nH]c1C(=O)Nc1nc2cccc(OC3CCCNC3)c2[nH]1. The summed E-state index contributed by atoms with van der Waals surface area (Å²) in [4.78, 5) is 40.2. The van der Waals surface area contributed by atoms with Gasteiger partial charge in [0, 0.05) is 16.7 Å². The molecule has 11 heteroatoms. The Bertz CT molecular complexity index is 1390. The van der Waals surface area contributed by atoms with Crippen molar-refractivity contribution in [1.82, 2.24) is 25.3 Å². The molecule has 1 unspecified atom stereocenters. The number of hydrogen-bond donors (Lipinski definition) is 5. The number of rotatable bonds is 6. The van der Waals surface area contributed by atoms with Crippen LogP contribution in [0, 0.1) is 6.92 Å². The van der Waals surface area contributed by atoms with Gasteiger partial charge >= 0.3 is 0 Å². The molecule has 180 valence electrons. The van der Waals surface area contributed by atoms with Gasteiger partial charge in [-0.3, -0.25) is 14.9 Å². The van der Waals surface area contributed by atoms with Gasteiger partial charge in [-0.1, -0.05) is 28.1 Å². The van der Waals surface area contributed by atoms with Crippen LogP contribution in [0.15, 0.2) is 47.2 Å². The molecule has 3 heterocycles. The van der Waals surface area contributed by atoms with Crippen LogP contribution in [-0.4, -0.2) is 50.9 Å². The fraction of sp³-hybridized carbons (Fsp3) is 0.250. The summed E-state index contributed by atoms with van der Waals surface area (Å²) in [7, 11) is 0. The Morgan fingerprint density at radius 3 is 2.89 bits per heavy atom. The number of aromatic amines is 2. The van der Waals surface area contributed by atoms with Crippen molar-refractivity contribution in [2.75, 3.05) is 23.7 Å². The smallest absolute Gasteiger partial charge is 0.276 e. The van der Waals surface area contributed by atoms with E-state index in [1.54, 1.807) is 6.07 Å². The van der Waals surface area contributed by atoms with Gasteiger partial charge in [0.2, 0.25) is 5.95 Å². The molecule has 1 aliphatic rings. The van der Waals surface area contributed by atoms with Gasteiger partial charge in [0.05, 0.1) is 11.8 Å². The average Bonchev–Trinajstić information content (AvgIpc) is 3.50. The number of nitrogens with zero attached hydrogens (tertiary/aromatic N) is 2. The molecule has 0 bridgehead atoms. The molecule has 0 saturated carbocycles. The molecule has 1 fully saturated rings. The lowest BCUT2D eigenvalue weighted by atomic mass is 10.1. The monoisotopic (exact) mass is 537 g/mol. The van der Waals surface area contributed by atoms with Crippen molar-refractivity contribution in [1.29, 1.82) is 0 Å². The number of fused-ring (bicyclic) bond motifs is 1. The molecule has 0 spiro atoms. The summed E-state index contributed by atoms with van der Waals surface area (Å²) in [5.74, 6) is -0.127. The molecular formula is C24H24BrN7O3. The van der Waals surface area contributed by atoms with Crippen LogP contribution >= 0.6 is 15.9 Å². The van der Waals surface area contributed by atoms with Crippen LogP contribution in [0.3, 0.4) is 0 Å². The van der Waals surface area contributed by atoms with Gasteiger partial charge in [-0.2, -0.15) is 0 Å². The second-order valence-corrected chi connectivity index (χ2v) is 9.23. The molecule has 4 aromatic rings. The zero-order chi connectivity index (χ0) is 24.4. The Labute approximate surface area is 209 Å². The second kappa shape index (κ2) is 9.88. The van der Waals surface area contributed by atoms with Gasteiger partial charge in [-0.25, -0.2) is 9.97 Å². The molecule has 1 saturated heterocycles. The molecule has 10 nitrogen and oxygen atoms in total. The number of imidazole rings is 2. The number of carbonyl (C=O) groups is 2. The lowest BCUT2D eigenvalue weighted by Gasteiger charge is -2.24. The fourth-order valence-electron chi connectivity index (χ4n) is 3.98. The number of ether oxygens (including phenoxy) is 1. The maximum atomic E-state index is 13.0. The number of H-pyrrole nitrogens is 2. The van der Waals surface area contributed by atoms with E-state index in [0.29, 0.717) is 22.5 Å². The summed E-state index contributed by atoms with van der Waals surface area (Å²) in [6, 6.07) is 11.1. The number of amides is 2. The third kappa shape index (κ3) is 5.05. The Morgan fingerprint density at radius 2 is 2.06 bits per heavy atom. The van der Waals surface area contributed by atoms with Crippen molar-refractivity contribution < 1.29 is 14.3 Å². The van der Waals surface area contributed by atoms with Crippen LogP contribution in [0.4, 0.5) is 11.6 Å². The van der Waals surface area contributed by atoms with Gasteiger partial charge in [0.1, 0.15) is 23.1 Å². The molecule has 2 aromatic carbocycles. The lowest BCUT2D eigenvalue weighted by molar-refractivity contribution is 0.0985. The van der Waals surface area contributed by atoms with Crippen LogP contribution in [0.1, 0.15) is 39.4 Å². The second-order valence-electron chi connectivity index (χ2n) is 8.32. The van der Waals surface area contributed by atoms with E-state index >= 15 is 0 Å². The highest BCUT2D eigenvalue weighted by Gasteiger charge is 2.23. The highest BCUT2D eigenvalue weighted by molar-refractivity contribution is 9.10. The number of para-hydroxylation sites is 1. The highest BCUT2D eigenvalue weighted by atomic mass is 79.9. The number of hydrogen-bond acceptors (Lipinski definition) is 6. The standard InChI is InChI=1S/C24H24BrN7O3/c1-13-7-8-14(25)10-17(13)29-22(33)20-21(28-12-27-20)23(34)32-24-30-16-5-2-6-18(19(16)31-24)35-15-4-3-9-26-11-15/h2,5-8,10,12,15,26H,3-4,9,11H2,1H3,(H,27,28)(H,29,33)(H2,30,31,32,34). The Morgan fingerprint density at radius 1 is 1.17 bits per heavy atom. The number of carbonyl (C=O) groups excluding carboxylic acids is 2. The molecule has 1 atom stereocenters. The van der Waals surface area contributed by atoms with Crippen LogP contribution in [0.25, 0.3) is 11.0 Å². The third-order valence-electron chi connectivity index (χ3n) is 5.79. The predicted octanol–water partition coefficient (Wildman–Crippen LogP) is 3.99. The molecule has 1 aliphatic heterocycles. The first kappa shape index (κ1) is 23.1. The van der Waals surface area contributed by atoms with Crippen LogP contribution < -0.4 is 20.7 Å². The maximum absolute atomic E-state index is 13.0. The number of aryl methyl sites for hydroxylation is 1. The maximum Gasteiger partial charge on any atom is 0.276 e. The van der Waals surface area contributed by atoms with E-state index in [1.165, 1.54) is 6.33 Å². The average molecular weight is 538 g/mol. The molecule has 0 radical (unpaired) electrons.